The van der Waals surface area contributed by atoms with Crippen molar-refractivity contribution in [3.63, 3.8) is 0 Å². The molecule has 12 heavy (non-hydrogen) atoms. The van der Waals surface area contributed by atoms with Crippen molar-refractivity contribution in [1.82, 2.24) is 4.98 Å². The molecule has 64 valence electrons. The number of hydrogen-bond acceptors (Lipinski definition) is 3. The number of aromatic nitrogens is 1. The van der Waals surface area contributed by atoms with Gasteiger partial charge in [-0.2, -0.15) is 0 Å². The maximum atomic E-state index is 12.7. The highest BCUT2D eigenvalue weighted by molar-refractivity contribution is 6.29. The molecule has 5 heteroatoms. The highest BCUT2D eigenvalue weighted by Gasteiger charge is 2.08. The number of methoxy groups -OCH3 is 1. The van der Waals surface area contributed by atoms with Gasteiger partial charge in [-0.25, -0.2) is 14.2 Å². The molecule has 1 aromatic heterocycles. The predicted octanol–water partition coefficient (Wildman–Crippen LogP) is 1.66. The number of halogens is 2. The number of pyridine rings is 1. The van der Waals surface area contributed by atoms with Crippen LogP contribution in [0.5, 0.6) is 0 Å². The van der Waals surface area contributed by atoms with E-state index in [9.17, 15) is 9.18 Å². The summed E-state index contributed by atoms with van der Waals surface area (Å²) < 4.78 is 17.0. The topological polar surface area (TPSA) is 39.2 Å². The first-order valence-electron chi connectivity index (χ1n) is 3.04. The summed E-state index contributed by atoms with van der Waals surface area (Å²) >= 11 is 5.29. The molecule has 0 aromatic carbocycles. The molecule has 0 aliphatic carbocycles. The van der Waals surface area contributed by atoms with Crippen LogP contribution in [0.25, 0.3) is 0 Å². The van der Waals surface area contributed by atoms with E-state index >= 15 is 0 Å². The maximum Gasteiger partial charge on any atom is 0.339 e. The summed E-state index contributed by atoms with van der Waals surface area (Å²) in [6.45, 7) is 0. The smallest absolute Gasteiger partial charge is 0.339 e. The van der Waals surface area contributed by atoms with Gasteiger partial charge in [0, 0.05) is 6.20 Å². The third-order valence-corrected chi connectivity index (χ3v) is 1.50. The molecule has 0 saturated carbocycles. The van der Waals surface area contributed by atoms with Crippen molar-refractivity contribution in [2.75, 3.05) is 7.11 Å². The summed E-state index contributed by atoms with van der Waals surface area (Å²) in [6.07, 6.45) is 1.15. The molecule has 0 aliphatic heterocycles. The normalized spacial score (nSPS) is 9.58. The first-order valence-corrected chi connectivity index (χ1v) is 3.42. The third-order valence-electron chi connectivity index (χ3n) is 1.22. The molecule has 0 N–H and O–H groups in total. The Balaban J connectivity index is 3.05. The van der Waals surface area contributed by atoms with E-state index in [1.54, 1.807) is 0 Å². The van der Waals surface area contributed by atoms with E-state index in [-0.39, 0.29) is 10.7 Å². The van der Waals surface area contributed by atoms with Gasteiger partial charge >= 0.3 is 5.97 Å². The molecule has 0 spiro atoms. The molecule has 0 radical (unpaired) electrons. The second kappa shape index (κ2) is 3.49. The molecule has 1 heterocycles. The Labute approximate surface area is 73.1 Å². The van der Waals surface area contributed by atoms with Gasteiger partial charge in [0.25, 0.3) is 0 Å². The standard InChI is InChI=1S/C7H5ClFNO2/c1-12-7(11)4-2-5(9)6(8)10-3-4/h2-3H,1H3. The lowest BCUT2D eigenvalue weighted by Gasteiger charge is -1.98. The Kier molecular flexibility index (Phi) is 2.60. The van der Waals surface area contributed by atoms with Crippen LogP contribution in [-0.4, -0.2) is 18.1 Å². The second-order valence-corrected chi connectivity index (χ2v) is 2.35. The fourth-order valence-corrected chi connectivity index (χ4v) is 0.754. The minimum absolute atomic E-state index is 0.0411. The van der Waals surface area contributed by atoms with Crippen LogP contribution < -0.4 is 0 Å². The second-order valence-electron chi connectivity index (χ2n) is 1.99. The zero-order chi connectivity index (χ0) is 9.14. The zero-order valence-corrected chi connectivity index (χ0v) is 6.93. The zero-order valence-electron chi connectivity index (χ0n) is 6.17. The fourth-order valence-electron chi connectivity index (χ4n) is 0.651. The van der Waals surface area contributed by atoms with E-state index in [2.05, 4.69) is 9.72 Å². The summed E-state index contributed by atoms with van der Waals surface area (Å²) in [5.41, 5.74) is 0.0411. The molecule has 1 aromatic rings. The van der Waals surface area contributed by atoms with E-state index in [0.29, 0.717) is 0 Å². The van der Waals surface area contributed by atoms with Gasteiger partial charge in [-0.15, -0.1) is 0 Å². The Morgan fingerprint density at radius 1 is 1.75 bits per heavy atom. The van der Waals surface area contributed by atoms with Crippen molar-refractivity contribution in [3.8, 4) is 0 Å². The number of esters is 1. The predicted molar refractivity (Wildman–Crippen MR) is 40.5 cm³/mol. The number of rotatable bonds is 1. The van der Waals surface area contributed by atoms with Crippen LogP contribution in [0.15, 0.2) is 12.3 Å². The summed E-state index contributed by atoms with van der Waals surface area (Å²) in [5.74, 6) is -1.38. The molecule has 0 bridgehead atoms. The molecule has 3 nitrogen and oxygen atoms in total. The van der Waals surface area contributed by atoms with Crippen molar-refractivity contribution in [2.24, 2.45) is 0 Å². The van der Waals surface area contributed by atoms with Crippen LogP contribution in [0.3, 0.4) is 0 Å². The quantitative estimate of drug-likeness (QED) is 0.498. The fraction of sp³-hybridized carbons (Fsp3) is 0.143. The van der Waals surface area contributed by atoms with Crippen LogP contribution in [0.4, 0.5) is 4.39 Å². The number of ether oxygens (including phenoxy) is 1. The van der Waals surface area contributed by atoms with Crippen LogP contribution in [0, 0.1) is 5.82 Å². The number of hydrogen-bond donors (Lipinski definition) is 0. The van der Waals surface area contributed by atoms with Crippen molar-refractivity contribution in [2.45, 2.75) is 0 Å². The van der Waals surface area contributed by atoms with Crippen molar-refractivity contribution in [3.05, 3.63) is 28.8 Å². The largest absolute Gasteiger partial charge is 0.465 e. The summed E-state index contributed by atoms with van der Waals surface area (Å²) in [6, 6.07) is 0.973. The van der Waals surface area contributed by atoms with Crippen LogP contribution in [-0.2, 0) is 4.74 Å². The lowest BCUT2D eigenvalue weighted by atomic mass is 10.3. The van der Waals surface area contributed by atoms with Gasteiger partial charge in [-0.05, 0) is 6.07 Å². The van der Waals surface area contributed by atoms with E-state index < -0.39 is 11.8 Å². The van der Waals surface area contributed by atoms with Crippen LogP contribution in [0.1, 0.15) is 10.4 Å². The van der Waals surface area contributed by atoms with Gasteiger partial charge in [-0.3, -0.25) is 0 Å². The summed E-state index contributed by atoms with van der Waals surface area (Å²) in [7, 11) is 1.20. The molecule has 0 saturated heterocycles. The average Bonchev–Trinajstić information content (AvgIpc) is 2.08. The van der Waals surface area contributed by atoms with Gasteiger partial charge in [0.05, 0.1) is 12.7 Å². The Morgan fingerprint density at radius 2 is 2.42 bits per heavy atom. The lowest BCUT2D eigenvalue weighted by molar-refractivity contribution is 0.0599. The molecule has 0 aliphatic rings. The number of nitrogens with zero attached hydrogens (tertiary/aromatic N) is 1. The number of carbonyl (C=O) groups excluding carboxylic acids is 1. The van der Waals surface area contributed by atoms with Gasteiger partial charge in [0.15, 0.2) is 11.0 Å². The molecular weight excluding hydrogens is 185 g/mol. The van der Waals surface area contributed by atoms with Crippen molar-refractivity contribution < 1.29 is 13.9 Å². The highest BCUT2D eigenvalue weighted by Crippen LogP contribution is 2.12. The van der Waals surface area contributed by atoms with Crippen LogP contribution in [0.2, 0.25) is 5.15 Å². The van der Waals surface area contributed by atoms with Gasteiger partial charge in [0.2, 0.25) is 0 Å². The molecule has 1 rings (SSSR count). The molecule has 0 fully saturated rings. The van der Waals surface area contributed by atoms with E-state index in [4.69, 9.17) is 11.6 Å². The third kappa shape index (κ3) is 1.71. The van der Waals surface area contributed by atoms with Gasteiger partial charge in [0.1, 0.15) is 0 Å². The van der Waals surface area contributed by atoms with Crippen LogP contribution >= 0.6 is 11.6 Å². The lowest BCUT2D eigenvalue weighted by Crippen LogP contribution is -2.02. The Morgan fingerprint density at radius 3 is 2.92 bits per heavy atom. The maximum absolute atomic E-state index is 12.7. The van der Waals surface area contributed by atoms with Crippen molar-refractivity contribution >= 4 is 17.6 Å². The van der Waals surface area contributed by atoms with Gasteiger partial charge in [-0.1, -0.05) is 11.6 Å². The van der Waals surface area contributed by atoms with E-state index in [1.165, 1.54) is 7.11 Å². The van der Waals surface area contributed by atoms with Gasteiger partial charge < -0.3 is 4.74 Å². The average molecular weight is 190 g/mol. The minimum atomic E-state index is -0.737. The van der Waals surface area contributed by atoms with Crippen molar-refractivity contribution in [1.29, 1.82) is 0 Å². The number of carbonyl (C=O) groups is 1. The summed E-state index contributed by atoms with van der Waals surface area (Å²) in [5, 5.41) is -0.261. The van der Waals surface area contributed by atoms with E-state index in [1.807, 2.05) is 0 Å². The molecule has 0 amide bonds. The minimum Gasteiger partial charge on any atom is -0.465 e. The molecule has 0 unspecified atom stereocenters. The monoisotopic (exact) mass is 189 g/mol. The molecule has 0 atom stereocenters. The Hall–Kier alpha value is -1.16. The SMILES string of the molecule is COC(=O)c1cnc(Cl)c(F)c1. The first kappa shape index (κ1) is 8.93. The highest BCUT2D eigenvalue weighted by atomic mass is 35.5. The molecular formula is C7H5ClFNO2. The van der Waals surface area contributed by atoms with E-state index in [0.717, 1.165) is 12.3 Å². The summed E-state index contributed by atoms with van der Waals surface area (Å²) in [4.78, 5) is 14.2. The Bertz CT molecular complexity index is 316. The first-order chi connectivity index (χ1) is 5.65.